The maximum Gasteiger partial charge on any atom is 0.258 e. The van der Waals surface area contributed by atoms with Crippen LogP contribution < -0.4 is 15.4 Å². The summed E-state index contributed by atoms with van der Waals surface area (Å²) in [6, 6.07) is 11.4. The van der Waals surface area contributed by atoms with Crippen LogP contribution in [0.3, 0.4) is 0 Å². The highest BCUT2D eigenvalue weighted by Crippen LogP contribution is 2.25. The summed E-state index contributed by atoms with van der Waals surface area (Å²) < 4.78 is 18.4. The Bertz CT molecular complexity index is 929. The first-order valence-corrected chi connectivity index (χ1v) is 7.86. The molecule has 0 saturated heterocycles. The first kappa shape index (κ1) is 17.3. The van der Waals surface area contributed by atoms with E-state index in [1.807, 2.05) is 19.1 Å². The lowest BCUT2D eigenvalue weighted by Gasteiger charge is -2.11. The van der Waals surface area contributed by atoms with Gasteiger partial charge in [-0.25, -0.2) is 14.4 Å². The van der Waals surface area contributed by atoms with Crippen molar-refractivity contribution in [3.8, 4) is 5.75 Å². The quantitative estimate of drug-likeness (QED) is 0.728. The number of hydrogen-bond donors (Lipinski definition) is 2. The molecule has 0 bridgehead atoms. The van der Waals surface area contributed by atoms with Crippen LogP contribution in [-0.4, -0.2) is 23.0 Å². The summed E-state index contributed by atoms with van der Waals surface area (Å²) in [5.74, 6) is 0.110. The van der Waals surface area contributed by atoms with Crippen molar-refractivity contribution in [2.45, 2.75) is 6.92 Å². The van der Waals surface area contributed by atoms with E-state index in [4.69, 9.17) is 4.74 Å². The van der Waals surface area contributed by atoms with Crippen LogP contribution in [0.2, 0.25) is 0 Å². The molecule has 3 aromatic rings. The number of aromatic nitrogens is 2. The molecule has 1 heterocycles. The Hall–Kier alpha value is -3.48. The third-order valence-corrected chi connectivity index (χ3v) is 3.60. The minimum Gasteiger partial charge on any atom is -0.495 e. The monoisotopic (exact) mass is 352 g/mol. The fourth-order valence-corrected chi connectivity index (χ4v) is 2.32. The number of carbonyl (C=O) groups is 1. The lowest BCUT2D eigenvalue weighted by Crippen LogP contribution is -2.14. The Balaban J connectivity index is 1.72. The third-order valence-electron chi connectivity index (χ3n) is 3.60. The van der Waals surface area contributed by atoms with Crippen molar-refractivity contribution in [1.29, 1.82) is 0 Å². The van der Waals surface area contributed by atoms with Crippen LogP contribution in [0.1, 0.15) is 15.9 Å². The van der Waals surface area contributed by atoms with Gasteiger partial charge >= 0.3 is 0 Å². The van der Waals surface area contributed by atoms with Gasteiger partial charge in [0.1, 0.15) is 11.6 Å². The second-order valence-electron chi connectivity index (χ2n) is 5.59. The zero-order valence-electron chi connectivity index (χ0n) is 14.3. The molecule has 0 radical (unpaired) electrons. The molecule has 2 aromatic carbocycles. The van der Waals surface area contributed by atoms with Crippen molar-refractivity contribution in [2.24, 2.45) is 0 Å². The smallest absolute Gasteiger partial charge is 0.258 e. The fraction of sp³-hybridized carbons (Fsp3) is 0.105. The van der Waals surface area contributed by atoms with Crippen molar-refractivity contribution < 1.29 is 13.9 Å². The zero-order chi connectivity index (χ0) is 18.5. The first-order valence-electron chi connectivity index (χ1n) is 7.86. The molecule has 0 atom stereocenters. The predicted molar refractivity (Wildman–Crippen MR) is 97.4 cm³/mol. The van der Waals surface area contributed by atoms with Gasteiger partial charge in [0, 0.05) is 18.1 Å². The number of ether oxygens (including phenoxy) is 1. The van der Waals surface area contributed by atoms with Crippen molar-refractivity contribution in [1.82, 2.24) is 9.97 Å². The molecule has 0 unspecified atom stereocenters. The van der Waals surface area contributed by atoms with E-state index in [2.05, 4.69) is 20.6 Å². The summed E-state index contributed by atoms with van der Waals surface area (Å²) in [6.07, 6.45) is 2.79. The van der Waals surface area contributed by atoms with E-state index < -0.39 is 0 Å². The molecular weight excluding hydrogens is 335 g/mol. The van der Waals surface area contributed by atoms with E-state index in [1.165, 1.54) is 31.6 Å². The van der Waals surface area contributed by atoms with E-state index in [1.54, 1.807) is 18.2 Å². The number of benzene rings is 2. The molecular formula is C19H17FN4O2. The summed E-state index contributed by atoms with van der Waals surface area (Å²) in [5.41, 5.74) is 2.37. The lowest BCUT2D eigenvalue weighted by atomic mass is 10.2. The Morgan fingerprint density at radius 1 is 1.12 bits per heavy atom. The van der Waals surface area contributed by atoms with Crippen LogP contribution in [-0.2, 0) is 0 Å². The van der Waals surface area contributed by atoms with Gasteiger partial charge in [-0.05, 0) is 42.8 Å². The molecule has 0 saturated carbocycles. The van der Waals surface area contributed by atoms with Gasteiger partial charge in [0.2, 0.25) is 5.95 Å². The number of halogens is 1. The third kappa shape index (κ3) is 4.13. The number of hydrogen-bond acceptors (Lipinski definition) is 5. The molecule has 1 aromatic heterocycles. The normalized spacial score (nSPS) is 10.3. The van der Waals surface area contributed by atoms with Crippen molar-refractivity contribution >= 4 is 23.2 Å². The maximum absolute atomic E-state index is 13.2. The number of methoxy groups -OCH3 is 1. The SMILES string of the molecule is COc1ccc(C)cc1NC(=O)c1cnc(Nc2cccc(F)c2)nc1. The number of anilines is 3. The molecule has 2 N–H and O–H groups in total. The molecule has 6 nitrogen and oxygen atoms in total. The number of nitrogens with zero attached hydrogens (tertiary/aromatic N) is 2. The highest BCUT2D eigenvalue weighted by molar-refractivity contribution is 6.04. The topological polar surface area (TPSA) is 76.1 Å². The van der Waals surface area contributed by atoms with Crippen LogP contribution in [0.15, 0.2) is 54.9 Å². The van der Waals surface area contributed by atoms with Crippen molar-refractivity contribution in [3.63, 3.8) is 0 Å². The summed E-state index contributed by atoms with van der Waals surface area (Å²) in [6.45, 7) is 1.92. The molecule has 0 fully saturated rings. The zero-order valence-corrected chi connectivity index (χ0v) is 14.3. The highest BCUT2D eigenvalue weighted by atomic mass is 19.1. The van der Waals surface area contributed by atoms with Gasteiger partial charge in [-0.1, -0.05) is 12.1 Å². The molecule has 0 aliphatic heterocycles. The molecule has 1 amide bonds. The van der Waals surface area contributed by atoms with E-state index in [-0.39, 0.29) is 17.7 Å². The summed E-state index contributed by atoms with van der Waals surface area (Å²) >= 11 is 0. The number of rotatable bonds is 5. The number of nitrogens with one attached hydrogen (secondary N) is 2. The van der Waals surface area contributed by atoms with Gasteiger partial charge in [0.15, 0.2) is 0 Å². The number of aryl methyl sites for hydroxylation is 1. The van der Waals surface area contributed by atoms with Gasteiger partial charge in [0.25, 0.3) is 5.91 Å². The van der Waals surface area contributed by atoms with Crippen molar-refractivity contribution in [3.05, 3.63) is 71.8 Å². The van der Waals surface area contributed by atoms with Crippen LogP contribution in [0.5, 0.6) is 5.75 Å². The standard InChI is InChI=1S/C19H17FN4O2/c1-12-6-7-17(26-2)16(8-12)24-18(25)13-10-21-19(22-11-13)23-15-5-3-4-14(20)9-15/h3-11H,1-2H3,(H,24,25)(H,21,22,23). The Morgan fingerprint density at radius 3 is 2.58 bits per heavy atom. The van der Waals surface area contributed by atoms with Gasteiger partial charge in [-0.2, -0.15) is 0 Å². The lowest BCUT2D eigenvalue weighted by molar-refractivity contribution is 0.102. The first-order chi connectivity index (χ1) is 12.5. The maximum atomic E-state index is 13.2. The molecule has 0 aliphatic carbocycles. The minimum absolute atomic E-state index is 0.264. The summed E-state index contributed by atoms with van der Waals surface area (Å²) in [5, 5.41) is 5.65. The molecule has 132 valence electrons. The molecule has 26 heavy (non-hydrogen) atoms. The molecule has 0 spiro atoms. The second kappa shape index (κ2) is 7.60. The predicted octanol–water partition coefficient (Wildman–Crippen LogP) is 3.93. The highest BCUT2D eigenvalue weighted by Gasteiger charge is 2.11. The number of carbonyl (C=O) groups excluding carboxylic acids is 1. The van der Waals surface area contributed by atoms with Crippen LogP contribution in [0, 0.1) is 12.7 Å². The summed E-state index contributed by atoms with van der Waals surface area (Å²) in [7, 11) is 1.54. The minimum atomic E-state index is -0.363. The largest absolute Gasteiger partial charge is 0.495 e. The molecule has 3 rings (SSSR count). The van der Waals surface area contributed by atoms with Crippen LogP contribution >= 0.6 is 0 Å². The Morgan fingerprint density at radius 2 is 1.88 bits per heavy atom. The van der Waals surface area contributed by atoms with Gasteiger partial charge in [-0.3, -0.25) is 4.79 Å². The van der Waals surface area contributed by atoms with Crippen LogP contribution in [0.25, 0.3) is 0 Å². The second-order valence-corrected chi connectivity index (χ2v) is 5.59. The van der Waals surface area contributed by atoms with E-state index in [0.29, 0.717) is 22.7 Å². The van der Waals surface area contributed by atoms with Gasteiger partial charge in [-0.15, -0.1) is 0 Å². The Kier molecular flexibility index (Phi) is 5.07. The number of amides is 1. The fourth-order valence-electron chi connectivity index (χ4n) is 2.32. The van der Waals surface area contributed by atoms with Gasteiger partial charge in [0.05, 0.1) is 18.4 Å². The average molecular weight is 352 g/mol. The van der Waals surface area contributed by atoms with Crippen molar-refractivity contribution in [2.75, 3.05) is 17.7 Å². The molecule has 0 aliphatic rings. The summed E-state index contributed by atoms with van der Waals surface area (Å²) in [4.78, 5) is 20.6. The van der Waals surface area contributed by atoms with E-state index >= 15 is 0 Å². The van der Waals surface area contributed by atoms with E-state index in [9.17, 15) is 9.18 Å². The Labute approximate surface area is 150 Å². The van der Waals surface area contributed by atoms with Crippen LogP contribution in [0.4, 0.5) is 21.7 Å². The molecule has 7 heteroatoms. The average Bonchev–Trinajstić information content (AvgIpc) is 2.62. The van der Waals surface area contributed by atoms with Gasteiger partial charge < -0.3 is 15.4 Å². The van der Waals surface area contributed by atoms with E-state index in [0.717, 1.165) is 5.56 Å².